The van der Waals surface area contributed by atoms with Crippen LogP contribution < -0.4 is 10.6 Å². The SMILES string of the molecule is O=[N+]([O-])c1ccc(NCCC2CCCN2)cc1I. The van der Waals surface area contributed by atoms with Gasteiger partial charge >= 0.3 is 0 Å². The van der Waals surface area contributed by atoms with E-state index in [0.29, 0.717) is 9.61 Å². The van der Waals surface area contributed by atoms with Crippen LogP contribution in [0, 0.1) is 13.7 Å². The van der Waals surface area contributed by atoms with Crippen LogP contribution in [0.4, 0.5) is 11.4 Å². The Balaban J connectivity index is 1.85. The van der Waals surface area contributed by atoms with Gasteiger partial charge in [0.05, 0.1) is 8.49 Å². The number of nitrogens with one attached hydrogen (secondary N) is 2. The van der Waals surface area contributed by atoms with E-state index < -0.39 is 0 Å². The maximum Gasteiger partial charge on any atom is 0.282 e. The molecule has 0 spiro atoms. The van der Waals surface area contributed by atoms with E-state index in [0.717, 1.165) is 25.2 Å². The Bertz CT molecular complexity index is 433. The topological polar surface area (TPSA) is 67.2 Å². The van der Waals surface area contributed by atoms with E-state index in [2.05, 4.69) is 10.6 Å². The molecular formula is C12H16IN3O2. The molecule has 1 aromatic carbocycles. The van der Waals surface area contributed by atoms with Gasteiger partial charge in [-0.1, -0.05) is 0 Å². The van der Waals surface area contributed by atoms with Crippen molar-refractivity contribution >= 4 is 34.0 Å². The average molecular weight is 361 g/mol. The van der Waals surface area contributed by atoms with Crippen LogP contribution in [0.15, 0.2) is 18.2 Å². The Hall–Kier alpha value is -0.890. The fourth-order valence-corrected chi connectivity index (χ4v) is 2.87. The maximum absolute atomic E-state index is 10.7. The maximum atomic E-state index is 10.7. The predicted molar refractivity (Wildman–Crippen MR) is 79.9 cm³/mol. The minimum absolute atomic E-state index is 0.165. The molecule has 98 valence electrons. The first-order valence-corrected chi connectivity index (χ1v) is 7.16. The Labute approximate surface area is 120 Å². The molecule has 2 rings (SSSR count). The predicted octanol–water partition coefficient (Wildman–Crippen LogP) is 2.75. The van der Waals surface area contributed by atoms with Crippen molar-refractivity contribution in [1.82, 2.24) is 5.32 Å². The van der Waals surface area contributed by atoms with Crippen LogP contribution in [0.3, 0.4) is 0 Å². The molecule has 0 aromatic heterocycles. The summed E-state index contributed by atoms with van der Waals surface area (Å²) in [5.41, 5.74) is 1.11. The molecule has 1 unspecified atom stereocenters. The monoisotopic (exact) mass is 361 g/mol. The summed E-state index contributed by atoms with van der Waals surface area (Å²) in [6.45, 7) is 2.02. The van der Waals surface area contributed by atoms with Crippen molar-refractivity contribution in [2.75, 3.05) is 18.4 Å². The van der Waals surface area contributed by atoms with Crippen molar-refractivity contribution < 1.29 is 4.92 Å². The molecule has 1 fully saturated rings. The van der Waals surface area contributed by atoms with Gasteiger partial charge in [-0.15, -0.1) is 0 Å². The zero-order chi connectivity index (χ0) is 13.0. The van der Waals surface area contributed by atoms with Gasteiger partial charge in [-0.3, -0.25) is 10.1 Å². The van der Waals surface area contributed by atoms with Crippen molar-refractivity contribution in [1.29, 1.82) is 0 Å². The highest BCUT2D eigenvalue weighted by Crippen LogP contribution is 2.24. The average Bonchev–Trinajstić information content (AvgIpc) is 2.81. The van der Waals surface area contributed by atoms with Crippen LogP contribution >= 0.6 is 22.6 Å². The number of nitrogens with zero attached hydrogens (tertiary/aromatic N) is 1. The molecule has 0 aliphatic carbocycles. The fourth-order valence-electron chi connectivity index (χ4n) is 2.16. The zero-order valence-electron chi connectivity index (χ0n) is 9.99. The minimum atomic E-state index is -0.353. The van der Waals surface area contributed by atoms with Gasteiger partial charge in [-0.05, 0) is 60.5 Å². The van der Waals surface area contributed by atoms with Crippen LogP contribution in [0.2, 0.25) is 0 Å². The third-order valence-electron chi connectivity index (χ3n) is 3.13. The van der Waals surface area contributed by atoms with Crippen molar-refractivity contribution in [3.63, 3.8) is 0 Å². The Morgan fingerprint density at radius 1 is 1.56 bits per heavy atom. The van der Waals surface area contributed by atoms with E-state index in [1.807, 2.05) is 28.7 Å². The van der Waals surface area contributed by atoms with Gasteiger partial charge < -0.3 is 10.6 Å². The lowest BCUT2D eigenvalue weighted by Crippen LogP contribution is -2.24. The van der Waals surface area contributed by atoms with E-state index >= 15 is 0 Å². The summed E-state index contributed by atoms with van der Waals surface area (Å²) in [5, 5.41) is 17.5. The number of anilines is 1. The first kappa shape index (κ1) is 13.5. The van der Waals surface area contributed by atoms with Crippen LogP contribution in [0.5, 0.6) is 0 Å². The van der Waals surface area contributed by atoms with Crippen LogP contribution in [0.25, 0.3) is 0 Å². The second-order valence-corrected chi connectivity index (χ2v) is 5.59. The number of halogens is 1. The van der Waals surface area contributed by atoms with Crippen LogP contribution in [0.1, 0.15) is 19.3 Å². The summed E-state index contributed by atoms with van der Waals surface area (Å²) in [6.07, 6.45) is 3.60. The molecule has 6 heteroatoms. The Kier molecular flexibility index (Phi) is 4.76. The molecule has 1 aliphatic heterocycles. The van der Waals surface area contributed by atoms with E-state index in [9.17, 15) is 10.1 Å². The Morgan fingerprint density at radius 2 is 2.39 bits per heavy atom. The molecular weight excluding hydrogens is 345 g/mol. The van der Waals surface area contributed by atoms with Crippen molar-refractivity contribution in [3.8, 4) is 0 Å². The lowest BCUT2D eigenvalue weighted by Gasteiger charge is -2.11. The van der Waals surface area contributed by atoms with Crippen molar-refractivity contribution in [2.45, 2.75) is 25.3 Å². The van der Waals surface area contributed by atoms with Gasteiger partial charge in [0.1, 0.15) is 0 Å². The smallest absolute Gasteiger partial charge is 0.282 e. The number of nitro benzene ring substituents is 1. The molecule has 1 aliphatic rings. The molecule has 1 saturated heterocycles. The summed E-state index contributed by atoms with van der Waals surface area (Å²) >= 11 is 2.00. The fraction of sp³-hybridized carbons (Fsp3) is 0.500. The summed E-state index contributed by atoms with van der Waals surface area (Å²) in [7, 11) is 0. The van der Waals surface area contributed by atoms with E-state index in [1.54, 1.807) is 12.1 Å². The molecule has 0 radical (unpaired) electrons. The van der Waals surface area contributed by atoms with Crippen molar-refractivity contribution in [3.05, 3.63) is 31.9 Å². The largest absolute Gasteiger partial charge is 0.385 e. The van der Waals surface area contributed by atoms with Crippen molar-refractivity contribution in [2.24, 2.45) is 0 Å². The number of nitro groups is 1. The van der Waals surface area contributed by atoms with Crippen LogP contribution in [-0.4, -0.2) is 24.1 Å². The lowest BCUT2D eigenvalue weighted by molar-refractivity contribution is -0.385. The Morgan fingerprint density at radius 3 is 3.00 bits per heavy atom. The highest BCUT2D eigenvalue weighted by atomic mass is 127. The summed E-state index contributed by atoms with van der Waals surface area (Å²) in [5.74, 6) is 0. The number of rotatable bonds is 5. The molecule has 0 saturated carbocycles. The number of hydrogen-bond acceptors (Lipinski definition) is 4. The molecule has 5 nitrogen and oxygen atoms in total. The summed E-state index contributed by atoms with van der Waals surface area (Å²) in [6, 6.07) is 5.76. The summed E-state index contributed by atoms with van der Waals surface area (Å²) in [4.78, 5) is 10.3. The second-order valence-electron chi connectivity index (χ2n) is 4.43. The summed E-state index contributed by atoms with van der Waals surface area (Å²) < 4.78 is 0.668. The van der Waals surface area contributed by atoms with Gasteiger partial charge in [-0.2, -0.15) is 0 Å². The molecule has 18 heavy (non-hydrogen) atoms. The normalized spacial score (nSPS) is 18.8. The molecule has 0 amide bonds. The standard InChI is InChI=1S/C12H16IN3O2/c13-11-8-10(3-4-12(11)16(17)18)15-7-5-9-2-1-6-14-9/h3-4,8-9,14-15H,1-2,5-7H2. The quantitative estimate of drug-likeness (QED) is 0.481. The van der Waals surface area contributed by atoms with Gasteiger partial charge in [-0.25, -0.2) is 0 Å². The lowest BCUT2D eigenvalue weighted by atomic mass is 10.1. The molecule has 1 atom stereocenters. The minimum Gasteiger partial charge on any atom is -0.385 e. The second kappa shape index (κ2) is 6.33. The number of benzene rings is 1. The van der Waals surface area contributed by atoms with E-state index in [-0.39, 0.29) is 10.6 Å². The number of hydrogen-bond donors (Lipinski definition) is 2. The third kappa shape index (κ3) is 3.55. The first-order chi connectivity index (χ1) is 8.66. The highest BCUT2D eigenvalue weighted by Gasteiger charge is 2.14. The molecule has 1 aromatic rings. The van der Waals surface area contributed by atoms with E-state index in [4.69, 9.17) is 0 Å². The molecule has 2 N–H and O–H groups in total. The van der Waals surface area contributed by atoms with Gasteiger partial charge in [0.15, 0.2) is 0 Å². The van der Waals surface area contributed by atoms with Gasteiger partial charge in [0.25, 0.3) is 5.69 Å². The first-order valence-electron chi connectivity index (χ1n) is 6.08. The molecule has 1 heterocycles. The third-order valence-corrected chi connectivity index (χ3v) is 3.99. The van der Waals surface area contributed by atoms with E-state index in [1.165, 1.54) is 12.8 Å². The zero-order valence-corrected chi connectivity index (χ0v) is 12.1. The molecule has 0 bridgehead atoms. The van der Waals surface area contributed by atoms with Gasteiger partial charge in [0, 0.05) is 24.3 Å². The van der Waals surface area contributed by atoms with Crippen LogP contribution in [-0.2, 0) is 0 Å². The highest BCUT2D eigenvalue weighted by molar-refractivity contribution is 14.1. The van der Waals surface area contributed by atoms with Gasteiger partial charge in [0.2, 0.25) is 0 Å².